The van der Waals surface area contributed by atoms with Crippen LogP contribution in [0.5, 0.6) is 0 Å². The van der Waals surface area contributed by atoms with Gasteiger partial charge in [-0.1, -0.05) is 140 Å². The number of para-hydroxylation sites is 5. The molecule has 2 aliphatic rings. The summed E-state index contributed by atoms with van der Waals surface area (Å²) in [5.74, 6) is 0. The van der Waals surface area contributed by atoms with Gasteiger partial charge in [0.15, 0.2) is 0 Å². The molecule has 3 nitrogen and oxygen atoms in total. The van der Waals surface area contributed by atoms with Crippen LogP contribution in [-0.2, 0) is 5.41 Å². The minimum absolute atomic E-state index is 0.648. The SMILES string of the molecule is c1ccc(N(c2ccccc2)c2ccc3c(c2)-c2c(ccc4c2oc2ccccc24)C32c3cc(N(c4ccccc4)c4ccccc4)ccc3-c3cc4ccccc4cc32)cc1. The van der Waals surface area contributed by atoms with Gasteiger partial charge < -0.3 is 14.2 Å². The number of rotatable bonds is 6. The number of anilines is 6. The van der Waals surface area contributed by atoms with E-state index in [1.54, 1.807) is 0 Å². The van der Waals surface area contributed by atoms with Crippen molar-refractivity contribution >= 4 is 66.8 Å². The molecule has 1 spiro atoms. The summed E-state index contributed by atoms with van der Waals surface area (Å²) in [7, 11) is 0. The number of nitrogens with zero attached hydrogens (tertiary/aromatic N) is 2. The molecule has 1 heterocycles. The second-order valence-electron chi connectivity index (χ2n) is 16.4. The van der Waals surface area contributed by atoms with E-state index in [0.29, 0.717) is 0 Å². The van der Waals surface area contributed by atoms with Crippen LogP contribution in [0.15, 0.2) is 235 Å². The van der Waals surface area contributed by atoms with E-state index in [-0.39, 0.29) is 0 Å². The molecule has 0 saturated carbocycles. The van der Waals surface area contributed by atoms with Gasteiger partial charge in [-0.05, 0) is 141 Å². The Kier molecular flexibility index (Phi) is 7.52. The predicted molar refractivity (Wildman–Crippen MR) is 257 cm³/mol. The van der Waals surface area contributed by atoms with Gasteiger partial charge in [0.25, 0.3) is 0 Å². The van der Waals surface area contributed by atoms with Crippen LogP contribution in [0, 0.1) is 0 Å². The van der Waals surface area contributed by atoms with Crippen LogP contribution in [0.2, 0.25) is 0 Å². The van der Waals surface area contributed by atoms with Crippen LogP contribution in [0.4, 0.5) is 34.1 Å². The van der Waals surface area contributed by atoms with E-state index in [4.69, 9.17) is 4.42 Å². The lowest BCUT2D eigenvalue weighted by Crippen LogP contribution is -2.26. The number of furan rings is 1. The fraction of sp³-hybridized carbons (Fsp3) is 0.0169. The van der Waals surface area contributed by atoms with Crippen LogP contribution in [0.25, 0.3) is 55.0 Å². The Morgan fingerprint density at radius 1 is 0.306 bits per heavy atom. The van der Waals surface area contributed by atoms with Crippen molar-refractivity contribution in [3.8, 4) is 22.3 Å². The number of hydrogen-bond acceptors (Lipinski definition) is 3. The number of benzene rings is 10. The van der Waals surface area contributed by atoms with Crippen molar-refractivity contribution in [1.82, 2.24) is 0 Å². The van der Waals surface area contributed by atoms with E-state index >= 15 is 0 Å². The molecule has 0 N–H and O–H groups in total. The van der Waals surface area contributed by atoms with Gasteiger partial charge in [0.1, 0.15) is 11.2 Å². The van der Waals surface area contributed by atoms with Crippen molar-refractivity contribution in [1.29, 1.82) is 0 Å². The molecule has 3 heteroatoms. The summed E-state index contributed by atoms with van der Waals surface area (Å²) in [5, 5.41) is 4.71. The first kappa shape index (κ1) is 34.7. The normalized spacial score (nSPS) is 14.5. The number of fused-ring (bicyclic) bond motifs is 15. The molecule has 11 aromatic rings. The maximum absolute atomic E-state index is 7.03. The Bertz CT molecular complexity index is 3440. The molecule has 0 aliphatic heterocycles. The quantitative estimate of drug-likeness (QED) is 0.167. The second kappa shape index (κ2) is 13.4. The molecule has 0 fully saturated rings. The predicted octanol–water partition coefficient (Wildman–Crippen LogP) is 16.0. The van der Waals surface area contributed by atoms with Crippen molar-refractivity contribution in [3.63, 3.8) is 0 Å². The monoisotopic (exact) mass is 790 g/mol. The van der Waals surface area contributed by atoms with E-state index in [2.05, 4.69) is 240 Å². The van der Waals surface area contributed by atoms with E-state index in [9.17, 15) is 0 Å². The second-order valence-corrected chi connectivity index (χ2v) is 16.4. The van der Waals surface area contributed by atoms with Crippen molar-refractivity contribution < 1.29 is 4.42 Å². The lowest BCUT2D eigenvalue weighted by molar-refractivity contribution is 0.669. The van der Waals surface area contributed by atoms with Gasteiger partial charge in [0.2, 0.25) is 0 Å². The molecular formula is C59H38N2O. The molecule has 0 bridgehead atoms. The summed E-state index contributed by atoms with van der Waals surface area (Å²) in [4.78, 5) is 4.75. The Morgan fingerprint density at radius 2 is 0.806 bits per heavy atom. The van der Waals surface area contributed by atoms with Gasteiger partial charge in [-0.15, -0.1) is 0 Å². The first-order valence-corrected chi connectivity index (χ1v) is 21.3. The maximum atomic E-state index is 7.03. The maximum Gasteiger partial charge on any atom is 0.143 e. The third-order valence-electron chi connectivity index (χ3n) is 13.2. The van der Waals surface area contributed by atoms with Gasteiger partial charge >= 0.3 is 0 Å². The summed E-state index contributed by atoms with van der Waals surface area (Å²) >= 11 is 0. The standard InChI is InChI=1S/C59H38N2O/c1-5-19-41(20-6-1)60(42-21-7-2-8-22-42)45-30-33-52-51(37-45)57-53(34-32-49-48-27-15-16-28-56(48)62-58(49)57)59(52)54-36-40-18-14-13-17-39(40)35-50(54)47-31-29-46(38-55(47)59)61(43-23-9-3-10-24-43)44-25-11-4-12-26-44/h1-38H. The first-order chi connectivity index (χ1) is 30.8. The van der Waals surface area contributed by atoms with Crippen LogP contribution in [-0.4, -0.2) is 0 Å². The molecule has 2 aliphatic carbocycles. The first-order valence-electron chi connectivity index (χ1n) is 21.3. The van der Waals surface area contributed by atoms with Crippen LogP contribution in [0.3, 0.4) is 0 Å². The van der Waals surface area contributed by atoms with Gasteiger partial charge in [0, 0.05) is 50.5 Å². The number of hydrogen-bond donors (Lipinski definition) is 0. The topological polar surface area (TPSA) is 19.6 Å². The van der Waals surface area contributed by atoms with Gasteiger partial charge in [-0.2, -0.15) is 0 Å². The molecule has 62 heavy (non-hydrogen) atoms. The van der Waals surface area contributed by atoms with Gasteiger partial charge in [-0.3, -0.25) is 0 Å². The average molecular weight is 791 g/mol. The summed E-state index contributed by atoms with van der Waals surface area (Å²) in [6, 6.07) is 83.9. The van der Waals surface area contributed by atoms with E-state index in [0.717, 1.165) is 61.6 Å². The van der Waals surface area contributed by atoms with Gasteiger partial charge in [-0.25, -0.2) is 0 Å². The zero-order chi connectivity index (χ0) is 40.8. The molecule has 0 radical (unpaired) electrons. The zero-order valence-electron chi connectivity index (χ0n) is 33.7. The molecule has 1 unspecified atom stereocenters. The summed E-state index contributed by atoms with van der Waals surface area (Å²) in [5.41, 5.74) is 17.7. The van der Waals surface area contributed by atoms with Gasteiger partial charge in [0.05, 0.1) is 5.41 Å². The highest BCUT2D eigenvalue weighted by molar-refractivity contribution is 6.14. The average Bonchev–Trinajstić information content (AvgIpc) is 3.96. The Balaban J connectivity index is 1.15. The summed E-state index contributed by atoms with van der Waals surface area (Å²) in [6.45, 7) is 0. The minimum Gasteiger partial charge on any atom is -0.455 e. The Labute approximate surface area is 360 Å². The van der Waals surface area contributed by atoms with Crippen LogP contribution >= 0.6 is 0 Å². The van der Waals surface area contributed by atoms with Crippen molar-refractivity contribution in [2.45, 2.75) is 5.41 Å². The van der Waals surface area contributed by atoms with E-state index in [1.165, 1.54) is 49.7 Å². The Morgan fingerprint density at radius 3 is 1.44 bits per heavy atom. The van der Waals surface area contributed by atoms with Crippen molar-refractivity contribution in [2.75, 3.05) is 9.80 Å². The lowest BCUT2D eigenvalue weighted by Gasteiger charge is -2.33. The van der Waals surface area contributed by atoms with Crippen molar-refractivity contribution in [3.05, 3.63) is 253 Å². The smallest absolute Gasteiger partial charge is 0.143 e. The third kappa shape index (κ3) is 4.94. The molecule has 0 saturated heterocycles. The highest BCUT2D eigenvalue weighted by atomic mass is 16.3. The van der Waals surface area contributed by atoms with Crippen molar-refractivity contribution in [2.24, 2.45) is 0 Å². The molecule has 0 amide bonds. The van der Waals surface area contributed by atoms with E-state index in [1.807, 2.05) is 0 Å². The highest BCUT2D eigenvalue weighted by Gasteiger charge is 2.53. The molecule has 290 valence electrons. The molecule has 13 rings (SSSR count). The fourth-order valence-electron chi connectivity index (χ4n) is 10.6. The summed E-state index contributed by atoms with van der Waals surface area (Å²) in [6.07, 6.45) is 0. The molecule has 1 atom stereocenters. The third-order valence-corrected chi connectivity index (χ3v) is 13.2. The zero-order valence-corrected chi connectivity index (χ0v) is 33.7. The Hall–Kier alpha value is -8.14. The highest BCUT2D eigenvalue weighted by Crippen LogP contribution is 2.65. The molecule has 10 aromatic carbocycles. The lowest BCUT2D eigenvalue weighted by atomic mass is 9.70. The summed E-state index contributed by atoms with van der Waals surface area (Å²) < 4.78 is 7.03. The van der Waals surface area contributed by atoms with Crippen LogP contribution < -0.4 is 9.80 Å². The molecular weight excluding hydrogens is 753 g/mol. The molecule has 1 aromatic heterocycles. The largest absolute Gasteiger partial charge is 0.455 e. The fourth-order valence-corrected chi connectivity index (χ4v) is 10.6. The van der Waals surface area contributed by atoms with Crippen LogP contribution in [0.1, 0.15) is 22.3 Å². The minimum atomic E-state index is -0.648. The van der Waals surface area contributed by atoms with E-state index < -0.39 is 5.41 Å².